The van der Waals surface area contributed by atoms with E-state index in [4.69, 9.17) is 4.74 Å². The summed E-state index contributed by atoms with van der Waals surface area (Å²) in [6.45, 7) is 1.61. The van der Waals surface area contributed by atoms with Crippen LogP contribution in [0.1, 0.15) is 27.7 Å². The molecule has 0 bridgehead atoms. The van der Waals surface area contributed by atoms with Gasteiger partial charge >= 0.3 is 0 Å². The van der Waals surface area contributed by atoms with Crippen molar-refractivity contribution in [3.05, 3.63) is 82.2 Å². The van der Waals surface area contributed by atoms with Gasteiger partial charge in [-0.05, 0) is 41.3 Å². The fraction of sp³-hybridized carbons (Fsp3) is 0.333. The summed E-state index contributed by atoms with van der Waals surface area (Å²) in [4.78, 5) is 2.44. The van der Waals surface area contributed by atoms with Gasteiger partial charge in [0.2, 0.25) is 0 Å². The van der Waals surface area contributed by atoms with E-state index in [1.54, 1.807) is 11.3 Å². The molecule has 4 N–H and O–H groups in total. The first-order valence-electron chi connectivity index (χ1n) is 10.0. The van der Waals surface area contributed by atoms with Crippen LogP contribution in [0.4, 0.5) is 0 Å². The van der Waals surface area contributed by atoms with Gasteiger partial charge in [-0.3, -0.25) is 0 Å². The van der Waals surface area contributed by atoms with Crippen molar-refractivity contribution in [2.45, 2.75) is 43.9 Å². The Hall–Kier alpha value is -2.06. The molecule has 0 saturated carbocycles. The molecule has 5 atom stereocenters. The number of hydrogen-bond donors (Lipinski definition) is 4. The molecule has 5 unspecified atom stereocenters. The number of ether oxygens (including phenoxy) is 1. The Morgan fingerprint density at radius 1 is 0.900 bits per heavy atom. The molecule has 0 radical (unpaired) electrons. The quantitative estimate of drug-likeness (QED) is 0.504. The van der Waals surface area contributed by atoms with Crippen LogP contribution in [0, 0.1) is 6.92 Å². The molecule has 158 valence electrons. The van der Waals surface area contributed by atoms with Crippen molar-refractivity contribution in [2.75, 3.05) is 6.61 Å². The Labute approximate surface area is 179 Å². The number of hydrogen-bond acceptors (Lipinski definition) is 6. The van der Waals surface area contributed by atoms with E-state index in [9.17, 15) is 20.4 Å². The van der Waals surface area contributed by atoms with E-state index in [-0.39, 0.29) is 0 Å². The summed E-state index contributed by atoms with van der Waals surface area (Å²) in [5.41, 5.74) is 4.14. The summed E-state index contributed by atoms with van der Waals surface area (Å²) in [6, 6.07) is 20.3. The van der Waals surface area contributed by atoms with E-state index < -0.39 is 37.1 Å². The van der Waals surface area contributed by atoms with Gasteiger partial charge in [0, 0.05) is 16.2 Å². The molecule has 1 fully saturated rings. The number of aliphatic hydroxyl groups excluding tert-OH is 4. The first-order chi connectivity index (χ1) is 14.5. The van der Waals surface area contributed by atoms with Crippen molar-refractivity contribution in [1.29, 1.82) is 0 Å². The van der Waals surface area contributed by atoms with Crippen LogP contribution in [-0.2, 0) is 11.2 Å². The Kier molecular flexibility index (Phi) is 6.34. The van der Waals surface area contributed by atoms with Crippen LogP contribution in [0.5, 0.6) is 0 Å². The normalized spacial score (nSPS) is 26.6. The lowest BCUT2D eigenvalue weighted by molar-refractivity contribution is -0.231. The fourth-order valence-electron chi connectivity index (χ4n) is 3.85. The monoisotopic (exact) mass is 426 g/mol. The summed E-state index contributed by atoms with van der Waals surface area (Å²) in [5.74, 6) is 0. The lowest BCUT2D eigenvalue weighted by Gasteiger charge is -2.40. The zero-order valence-electron chi connectivity index (χ0n) is 16.7. The van der Waals surface area contributed by atoms with E-state index in [2.05, 4.69) is 24.3 Å². The van der Waals surface area contributed by atoms with E-state index in [0.717, 1.165) is 17.5 Å². The number of thiophene rings is 1. The van der Waals surface area contributed by atoms with Crippen molar-refractivity contribution in [2.24, 2.45) is 0 Å². The molecule has 0 aliphatic carbocycles. The lowest BCUT2D eigenvalue weighted by atomic mass is 9.89. The number of aryl methyl sites for hydroxylation is 1. The zero-order chi connectivity index (χ0) is 21.3. The second-order valence-electron chi connectivity index (χ2n) is 7.74. The molecular weight excluding hydrogens is 400 g/mol. The Balaban J connectivity index is 1.57. The topological polar surface area (TPSA) is 90.2 Å². The second-order valence-corrected chi connectivity index (χ2v) is 8.91. The van der Waals surface area contributed by atoms with Gasteiger partial charge in [0.15, 0.2) is 0 Å². The van der Waals surface area contributed by atoms with Crippen molar-refractivity contribution in [3.8, 4) is 10.4 Å². The molecule has 0 amide bonds. The molecule has 2 heterocycles. The molecule has 0 spiro atoms. The van der Waals surface area contributed by atoms with Gasteiger partial charge in [-0.1, -0.05) is 48.5 Å². The van der Waals surface area contributed by atoms with E-state index in [1.807, 2.05) is 43.3 Å². The minimum atomic E-state index is -1.38. The summed E-state index contributed by atoms with van der Waals surface area (Å²) in [7, 11) is 0. The molecular formula is C24H26O5S. The van der Waals surface area contributed by atoms with Gasteiger partial charge in [-0.15, -0.1) is 11.3 Å². The molecule has 1 saturated heterocycles. The van der Waals surface area contributed by atoms with Crippen LogP contribution in [0.25, 0.3) is 10.4 Å². The predicted molar refractivity (Wildman–Crippen MR) is 116 cm³/mol. The molecule has 1 aliphatic heterocycles. The van der Waals surface area contributed by atoms with Crippen molar-refractivity contribution >= 4 is 11.3 Å². The highest BCUT2D eigenvalue weighted by Crippen LogP contribution is 2.34. The number of benzene rings is 2. The summed E-state index contributed by atoms with van der Waals surface area (Å²) in [5, 5.41) is 40.0. The molecule has 2 aromatic carbocycles. The molecule has 30 heavy (non-hydrogen) atoms. The van der Waals surface area contributed by atoms with E-state index in [0.29, 0.717) is 5.56 Å². The van der Waals surface area contributed by atoms with Gasteiger partial charge in [0.25, 0.3) is 0 Å². The SMILES string of the molecule is Cc1ccc(C2OC(CO)C(O)C(O)C2O)cc1Cc1ccc(-c2ccccc2)s1. The predicted octanol–water partition coefficient (Wildman–Crippen LogP) is 2.83. The third-order valence-electron chi connectivity index (χ3n) is 5.68. The first-order valence-corrected chi connectivity index (χ1v) is 10.8. The lowest BCUT2D eigenvalue weighted by Crippen LogP contribution is -2.55. The van der Waals surface area contributed by atoms with Gasteiger partial charge < -0.3 is 25.2 Å². The van der Waals surface area contributed by atoms with Gasteiger partial charge in [-0.2, -0.15) is 0 Å². The van der Waals surface area contributed by atoms with Gasteiger partial charge in [-0.25, -0.2) is 0 Å². The van der Waals surface area contributed by atoms with Crippen molar-refractivity contribution < 1.29 is 25.2 Å². The van der Waals surface area contributed by atoms with Crippen LogP contribution < -0.4 is 0 Å². The van der Waals surface area contributed by atoms with Crippen LogP contribution >= 0.6 is 11.3 Å². The van der Waals surface area contributed by atoms with E-state index >= 15 is 0 Å². The average molecular weight is 427 g/mol. The number of rotatable bonds is 5. The largest absolute Gasteiger partial charge is 0.394 e. The van der Waals surface area contributed by atoms with Crippen molar-refractivity contribution in [3.63, 3.8) is 0 Å². The van der Waals surface area contributed by atoms with E-state index in [1.165, 1.54) is 15.3 Å². The smallest absolute Gasteiger partial charge is 0.113 e. The molecule has 4 rings (SSSR count). The maximum atomic E-state index is 10.4. The zero-order valence-corrected chi connectivity index (χ0v) is 17.5. The average Bonchev–Trinajstić information content (AvgIpc) is 3.23. The van der Waals surface area contributed by atoms with Crippen LogP contribution in [0.15, 0.2) is 60.7 Å². The summed E-state index contributed by atoms with van der Waals surface area (Å²) in [6.07, 6.45) is -4.99. The highest BCUT2D eigenvalue weighted by atomic mass is 32.1. The minimum absolute atomic E-state index is 0.433. The molecule has 5 nitrogen and oxygen atoms in total. The highest BCUT2D eigenvalue weighted by molar-refractivity contribution is 7.15. The van der Waals surface area contributed by atoms with Gasteiger partial charge in [0.1, 0.15) is 30.5 Å². The van der Waals surface area contributed by atoms with Crippen LogP contribution in [0.3, 0.4) is 0 Å². The molecule has 3 aromatic rings. The minimum Gasteiger partial charge on any atom is -0.394 e. The molecule has 1 aliphatic rings. The third kappa shape index (κ3) is 4.21. The maximum absolute atomic E-state index is 10.4. The standard InChI is InChI=1S/C24H26O5S/c1-14-7-8-16(24-23(28)22(27)21(26)19(13-25)29-24)11-17(14)12-18-9-10-20(30-18)15-5-3-2-4-6-15/h2-11,19,21-28H,12-13H2,1H3. The van der Waals surface area contributed by atoms with Crippen LogP contribution in [0.2, 0.25) is 0 Å². The second kappa shape index (κ2) is 8.98. The number of aliphatic hydroxyl groups is 4. The fourth-order valence-corrected chi connectivity index (χ4v) is 4.89. The third-order valence-corrected chi connectivity index (χ3v) is 6.81. The van der Waals surface area contributed by atoms with Crippen molar-refractivity contribution in [1.82, 2.24) is 0 Å². The maximum Gasteiger partial charge on any atom is 0.113 e. The van der Waals surface area contributed by atoms with Crippen LogP contribution in [-0.4, -0.2) is 51.4 Å². The summed E-state index contributed by atoms with van der Waals surface area (Å²) < 4.78 is 5.72. The Bertz CT molecular complexity index is 984. The highest BCUT2D eigenvalue weighted by Gasteiger charge is 2.43. The Morgan fingerprint density at radius 2 is 1.67 bits per heavy atom. The summed E-state index contributed by atoms with van der Waals surface area (Å²) >= 11 is 1.75. The van der Waals surface area contributed by atoms with Gasteiger partial charge in [0.05, 0.1) is 6.61 Å². The molecule has 1 aromatic heterocycles. The Morgan fingerprint density at radius 3 is 2.40 bits per heavy atom. The molecule has 6 heteroatoms. The first kappa shape index (κ1) is 21.2.